The van der Waals surface area contributed by atoms with Gasteiger partial charge in [0.05, 0.1) is 4.90 Å². The molecule has 0 saturated carbocycles. The molecule has 2 N–H and O–H groups in total. The summed E-state index contributed by atoms with van der Waals surface area (Å²) in [6.07, 6.45) is 5.60. The fourth-order valence-corrected chi connectivity index (χ4v) is 5.50. The van der Waals surface area contributed by atoms with Crippen LogP contribution in [0.15, 0.2) is 33.6 Å². The number of carbonyl (C=O) groups excluding carboxylic acids is 2. The minimum atomic E-state index is -3.91. The molecule has 9 heteroatoms. The molecule has 2 aromatic rings. The van der Waals surface area contributed by atoms with Crippen LogP contribution in [-0.4, -0.2) is 49.4 Å². The quantitative estimate of drug-likeness (QED) is 0.729. The summed E-state index contributed by atoms with van der Waals surface area (Å²) in [5.74, 6) is 0.206. The molecular formula is C23H28N4O4S. The molecule has 0 spiro atoms. The minimum absolute atomic E-state index is 0.0260. The highest BCUT2D eigenvalue weighted by molar-refractivity contribution is 7.90. The first kappa shape index (κ1) is 22.3. The normalized spacial score (nSPS) is 18.4. The summed E-state index contributed by atoms with van der Waals surface area (Å²) in [7, 11) is -2.05. The number of hydrogen-bond donors (Lipinski definition) is 2. The minimum Gasteiger partial charge on any atom is -0.362 e. The van der Waals surface area contributed by atoms with Crippen LogP contribution < -0.4 is 5.32 Å². The number of likely N-dealkylation sites (tertiary alicyclic amines) is 1. The van der Waals surface area contributed by atoms with Gasteiger partial charge in [-0.2, -0.15) is 8.42 Å². The van der Waals surface area contributed by atoms with Gasteiger partial charge >= 0.3 is 0 Å². The first-order chi connectivity index (χ1) is 15.3. The van der Waals surface area contributed by atoms with Crippen molar-refractivity contribution >= 4 is 33.2 Å². The van der Waals surface area contributed by atoms with Crippen LogP contribution in [0.5, 0.6) is 0 Å². The summed E-state index contributed by atoms with van der Waals surface area (Å²) in [6.45, 7) is 2.54. The lowest BCUT2D eigenvalue weighted by Crippen LogP contribution is -2.26. The molecule has 170 valence electrons. The second-order valence-electron chi connectivity index (χ2n) is 8.45. The van der Waals surface area contributed by atoms with Gasteiger partial charge in [-0.3, -0.25) is 9.59 Å². The van der Waals surface area contributed by atoms with Crippen molar-refractivity contribution in [1.82, 2.24) is 9.88 Å². The lowest BCUT2D eigenvalue weighted by molar-refractivity contribution is 0.0971. The van der Waals surface area contributed by atoms with Crippen molar-refractivity contribution in [2.75, 3.05) is 18.9 Å². The number of carbonyl (C=O) groups is 2. The number of rotatable bonds is 4. The van der Waals surface area contributed by atoms with Crippen molar-refractivity contribution in [3.63, 3.8) is 0 Å². The molecule has 8 nitrogen and oxygen atoms in total. The third-order valence-electron chi connectivity index (χ3n) is 6.11. The number of nitrogens with zero attached hydrogens (tertiary/aromatic N) is 2. The maximum Gasteiger partial charge on any atom is 0.284 e. The van der Waals surface area contributed by atoms with Gasteiger partial charge in [0.25, 0.3) is 15.9 Å². The van der Waals surface area contributed by atoms with E-state index in [-0.39, 0.29) is 10.7 Å². The fraction of sp³-hybridized carbons (Fsp3) is 0.435. The van der Waals surface area contributed by atoms with E-state index in [1.54, 1.807) is 19.1 Å². The number of benzene rings is 1. The van der Waals surface area contributed by atoms with Crippen LogP contribution in [0.25, 0.3) is 0 Å². The number of anilines is 1. The predicted molar refractivity (Wildman–Crippen MR) is 123 cm³/mol. The number of ketones is 1. The maximum absolute atomic E-state index is 12.9. The van der Waals surface area contributed by atoms with Gasteiger partial charge in [0.15, 0.2) is 5.78 Å². The molecule has 1 aliphatic carbocycles. The first-order valence-corrected chi connectivity index (χ1v) is 12.4. The van der Waals surface area contributed by atoms with Crippen LogP contribution in [0, 0.1) is 6.92 Å². The summed E-state index contributed by atoms with van der Waals surface area (Å²) in [5, 5.41) is 2.75. The number of aromatic amines is 1. The van der Waals surface area contributed by atoms with Gasteiger partial charge < -0.3 is 15.2 Å². The number of hydrogen-bond acceptors (Lipinski definition) is 4. The van der Waals surface area contributed by atoms with Crippen molar-refractivity contribution in [2.45, 2.75) is 56.8 Å². The topological polar surface area (TPSA) is 112 Å². The Labute approximate surface area is 188 Å². The molecule has 1 amide bonds. The molecule has 1 aromatic heterocycles. The molecule has 1 saturated heterocycles. The smallest absolute Gasteiger partial charge is 0.284 e. The zero-order valence-electron chi connectivity index (χ0n) is 18.4. The third kappa shape index (κ3) is 4.48. The molecule has 1 aliphatic heterocycles. The van der Waals surface area contributed by atoms with Gasteiger partial charge in [-0.15, -0.1) is 4.40 Å². The zero-order chi connectivity index (χ0) is 22.9. The van der Waals surface area contributed by atoms with Crippen molar-refractivity contribution in [2.24, 2.45) is 4.40 Å². The number of sulfonamides is 1. The van der Waals surface area contributed by atoms with E-state index >= 15 is 0 Å². The molecule has 1 aromatic carbocycles. The highest BCUT2D eigenvalue weighted by Gasteiger charge is 2.26. The Hall–Kier alpha value is -2.94. The van der Waals surface area contributed by atoms with E-state index < -0.39 is 15.9 Å². The van der Waals surface area contributed by atoms with Gasteiger partial charge in [0.2, 0.25) is 0 Å². The highest BCUT2D eigenvalue weighted by atomic mass is 32.2. The second kappa shape index (κ2) is 8.90. The molecule has 4 rings (SSSR count). The number of amides is 1. The van der Waals surface area contributed by atoms with Gasteiger partial charge in [-0.25, -0.2) is 0 Å². The van der Waals surface area contributed by atoms with E-state index in [2.05, 4.69) is 14.7 Å². The van der Waals surface area contributed by atoms with Gasteiger partial charge in [-0.05, 0) is 56.4 Å². The molecule has 2 aliphatic rings. The molecule has 32 heavy (non-hydrogen) atoms. The summed E-state index contributed by atoms with van der Waals surface area (Å²) in [6, 6.07) is 6.10. The maximum atomic E-state index is 12.9. The number of amidine groups is 1. The van der Waals surface area contributed by atoms with Crippen LogP contribution in [-0.2, 0) is 16.4 Å². The van der Waals surface area contributed by atoms with Crippen molar-refractivity contribution in [1.29, 1.82) is 0 Å². The second-order valence-corrected chi connectivity index (χ2v) is 10.1. The van der Waals surface area contributed by atoms with E-state index in [4.69, 9.17) is 0 Å². The Bertz CT molecular complexity index is 1200. The van der Waals surface area contributed by atoms with Crippen LogP contribution >= 0.6 is 0 Å². The Balaban J connectivity index is 1.57. The zero-order valence-corrected chi connectivity index (χ0v) is 19.2. The summed E-state index contributed by atoms with van der Waals surface area (Å²) in [4.78, 5) is 30.1. The number of H-pyrrole nitrogens is 1. The van der Waals surface area contributed by atoms with Crippen molar-refractivity contribution in [3.05, 3.63) is 46.8 Å². The highest BCUT2D eigenvalue weighted by Crippen LogP contribution is 2.27. The van der Waals surface area contributed by atoms with E-state index in [0.29, 0.717) is 41.2 Å². The molecule has 0 bridgehead atoms. The summed E-state index contributed by atoms with van der Waals surface area (Å²) >= 11 is 0. The average Bonchev–Trinajstić information content (AvgIpc) is 2.97. The largest absolute Gasteiger partial charge is 0.362 e. The Morgan fingerprint density at radius 3 is 2.72 bits per heavy atom. The van der Waals surface area contributed by atoms with E-state index in [1.165, 1.54) is 12.1 Å². The number of nitrogens with one attached hydrogen (secondary N) is 2. The number of aromatic nitrogens is 1. The average molecular weight is 457 g/mol. The standard InChI is InChI=1S/C23H28N4O4S/c1-15-21-18(10-7-11-19(21)28)25-22(15)23(29)24-16-8-6-9-17(14-16)32(30,31)26-20-12-4-3-5-13-27(20)2/h6,8-9,14,25H,3-5,7,10-13H2,1-2H3,(H,24,29)/b26-20-. The first-order valence-electron chi connectivity index (χ1n) is 11.0. The fourth-order valence-electron chi connectivity index (χ4n) is 4.36. The molecule has 0 atom stereocenters. The third-order valence-corrected chi connectivity index (χ3v) is 7.41. The van der Waals surface area contributed by atoms with E-state index in [0.717, 1.165) is 44.3 Å². The van der Waals surface area contributed by atoms with Crippen LogP contribution in [0.4, 0.5) is 5.69 Å². The number of fused-ring (bicyclic) bond motifs is 1. The molecule has 0 unspecified atom stereocenters. The molecule has 2 heterocycles. The molecule has 0 radical (unpaired) electrons. The Kier molecular flexibility index (Phi) is 6.19. The SMILES string of the molecule is Cc1c(C(=O)Nc2cccc(S(=O)(=O)/N=C3/CCCCCN3C)c2)[nH]c2c1C(=O)CCC2. The van der Waals surface area contributed by atoms with Crippen molar-refractivity contribution in [3.8, 4) is 0 Å². The summed E-state index contributed by atoms with van der Waals surface area (Å²) in [5.41, 5.74) is 2.72. The predicted octanol–water partition coefficient (Wildman–Crippen LogP) is 3.69. The Morgan fingerprint density at radius 1 is 1.12 bits per heavy atom. The summed E-state index contributed by atoms with van der Waals surface area (Å²) < 4.78 is 29.9. The number of Topliss-reactive ketones (excluding diaryl/α,β-unsaturated/α-hetero) is 1. The van der Waals surface area contributed by atoms with Crippen LogP contribution in [0.1, 0.15) is 70.6 Å². The Morgan fingerprint density at radius 2 is 1.94 bits per heavy atom. The van der Waals surface area contributed by atoms with Gasteiger partial charge in [0.1, 0.15) is 11.5 Å². The lowest BCUT2D eigenvalue weighted by Gasteiger charge is -2.17. The monoisotopic (exact) mass is 456 g/mol. The van der Waals surface area contributed by atoms with Gasteiger partial charge in [-0.1, -0.05) is 12.5 Å². The van der Waals surface area contributed by atoms with E-state index in [9.17, 15) is 18.0 Å². The van der Waals surface area contributed by atoms with Crippen molar-refractivity contribution < 1.29 is 18.0 Å². The van der Waals surface area contributed by atoms with E-state index in [1.807, 2.05) is 11.9 Å². The van der Waals surface area contributed by atoms with Gasteiger partial charge in [0, 0.05) is 43.4 Å². The molecule has 1 fully saturated rings. The van der Waals surface area contributed by atoms with Crippen LogP contribution in [0.2, 0.25) is 0 Å². The van der Waals surface area contributed by atoms with Crippen LogP contribution in [0.3, 0.4) is 0 Å². The lowest BCUT2D eigenvalue weighted by atomic mass is 9.94. The molecular weight excluding hydrogens is 428 g/mol. The number of aryl methyl sites for hydroxylation is 1.